The number of aromatic nitrogens is 2. The van der Waals surface area contributed by atoms with E-state index in [0.29, 0.717) is 10.7 Å². The zero-order chi connectivity index (χ0) is 12.3. The van der Waals surface area contributed by atoms with E-state index in [1.165, 1.54) is 0 Å². The number of nitrogens with zero attached hydrogens (tertiary/aromatic N) is 2. The molecule has 96 valence electrons. The highest BCUT2D eigenvalue weighted by molar-refractivity contribution is 6.31. The largest absolute Gasteiger partial charge is 0.311 e. The van der Waals surface area contributed by atoms with Crippen LogP contribution in [-0.4, -0.2) is 22.4 Å². The lowest BCUT2D eigenvalue weighted by Crippen LogP contribution is -2.38. The van der Waals surface area contributed by atoms with Crippen molar-refractivity contribution in [1.82, 2.24) is 15.1 Å². The van der Waals surface area contributed by atoms with Crippen molar-refractivity contribution in [2.75, 3.05) is 6.54 Å². The monoisotopic (exact) mass is 259 g/mol. The van der Waals surface area contributed by atoms with E-state index in [1.54, 1.807) is 10.9 Å². The molecule has 17 heavy (non-hydrogen) atoms. The van der Waals surface area contributed by atoms with Gasteiger partial charge in [0.25, 0.3) is 0 Å². The molecule has 2 atom stereocenters. The topological polar surface area (TPSA) is 29.9 Å². The van der Waals surface area contributed by atoms with Gasteiger partial charge in [0.15, 0.2) is 6.17 Å². The third-order valence-corrected chi connectivity index (χ3v) is 3.52. The Kier molecular flexibility index (Phi) is 4.40. The Morgan fingerprint density at radius 3 is 3.12 bits per heavy atom. The molecule has 3 nitrogen and oxygen atoms in total. The summed E-state index contributed by atoms with van der Waals surface area (Å²) < 4.78 is 16.2. The summed E-state index contributed by atoms with van der Waals surface area (Å²) in [6, 6.07) is -0.117. The van der Waals surface area contributed by atoms with Gasteiger partial charge in [-0.2, -0.15) is 5.10 Å². The molecule has 5 heteroatoms. The summed E-state index contributed by atoms with van der Waals surface area (Å²) in [6.07, 6.45) is 4.49. The van der Waals surface area contributed by atoms with Crippen molar-refractivity contribution in [1.29, 1.82) is 0 Å². The summed E-state index contributed by atoms with van der Waals surface area (Å²) in [4.78, 5) is 0. The summed E-state index contributed by atoms with van der Waals surface area (Å²) in [5, 5.41) is 7.81. The minimum atomic E-state index is -1.06. The molecule has 1 aliphatic rings. The average molecular weight is 260 g/mol. The molecule has 1 aromatic rings. The lowest BCUT2D eigenvalue weighted by Gasteiger charge is -2.27. The predicted octanol–water partition coefficient (Wildman–Crippen LogP) is 3.10. The van der Waals surface area contributed by atoms with E-state index < -0.39 is 6.17 Å². The lowest BCUT2D eigenvalue weighted by molar-refractivity contribution is 0.209. The number of aryl methyl sites for hydroxylation is 1. The Balaban J connectivity index is 2.16. The van der Waals surface area contributed by atoms with Crippen molar-refractivity contribution in [3.63, 3.8) is 0 Å². The SMILES string of the molecule is CCCn1ncc(Cl)c1C(F)C1CCCCN1. The van der Waals surface area contributed by atoms with E-state index >= 15 is 0 Å². The molecule has 2 heterocycles. The Morgan fingerprint density at radius 1 is 1.65 bits per heavy atom. The molecule has 0 aromatic carbocycles. The number of hydrogen-bond donors (Lipinski definition) is 1. The number of nitrogens with one attached hydrogen (secondary N) is 1. The smallest absolute Gasteiger partial charge is 0.158 e. The van der Waals surface area contributed by atoms with Gasteiger partial charge in [-0.05, 0) is 25.8 Å². The van der Waals surface area contributed by atoms with Gasteiger partial charge in [-0.25, -0.2) is 4.39 Å². The van der Waals surface area contributed by atoms with Crippen LogP contribution in [0.2, 0.25) is 5.02 Å². The zero-order valence-corrected chi connectivity index (χ0v) is 10.9. The standard InChI is InChI=1S/C12H19ClFN3/c1-2-7-17-12(9(13)8-16-17)11(14)10-5-3-4-6-15-10/h8,10-11,15H,2-7H2,1H3. The van der Waals surface area contributed by atoms with Crippen molar-refractivity contribution in [3.8, 4) is 0 Å². The molecule has 2 unspecified atom stereocenters. The van der Waals surface area contributed by atoms with Gasteiger partial charge in [-0.1, -0.05) is 24.9 Å². The summed E-state index contributed by atoms with van der Waals surface area (Å²) in [5.41, 5.74) is 0.535. The van der Waals surface area contributed by atoms with Crippen molar-refractivity contribution < 1.29 is 4.39 Å². The summed E-state index contributed by atoms with van der Waals surface area (Å²) >= 11 is 6.04. The molecular weight excluding hydrogens is 241 g/mol. The van der Waals surface area contributed by atoms with Crippen molar-refractivity contribution in [2.24, 2.45) is 0 Å². The zero-order valence-electron chi connectivity index (χ0n) is 10.1. The van der Waals surface area contributed by atoms with Crippen LogP contribution in [0.25, 0.3) is 0 Å². The third-order valence-electron chi connectivity index (χ3n) is 3.23. The molecule has 0 spiro atoms. The van der Waals surface area contributed by atoms with E-state index in [0.717, 1.165) is 38.8 Å². The lowest BCUT2D eigenvalue weighted by atomic mass is 9.99. The predicted molar refractivity (Wildman–Crippen MR) is 67.0 cm³/mol. The third kappa shape index (κ3) is 2.80. The number of halogens is 2. The molecule has 1 saturated heterocycles. The van der Waals surface area contributed by atoms with E-state index in [1.807, 2.05) is 6.92 Å². The fourth-order valence-electron chi connectivity index (χ4n) is 2.36. The van der Waals surface area contributed by atoms with Gasteiger partial charge < -0.3 is 5.32 Å². The van der Waals surface area contributed by atoms with Crippen molar-refractivity contribution in [2.45, 2.75) is 51.4 Å². The van der Waals surface area contributed by atoms with Crippen LogP contribution in [0.5, 0.6) is 0 Å². The number of alkyl halides is 1. The average Bonchev–Trinajstić information content (AvgIpc) is 2.71. The van der Waals surface area contributed by atoms with Crippen molar-refractivity contribution in [3.05, 3.63) is 16.9 Å². The van der Waals surface area contributed by atoms with Crippen LogP contribution in [0.3, 0.4) is 0 Å². The highest BCUT2D eigenvalue weighted by Gasteiger charge is 2.29. The Labute approximate surface area is 106 Å². The minimum absolute atomic E-state index is 0.117. The normalized spacial score (nSPS) is 22.6. The highest BCUT2D eigenvalue weighted by atomic mass is 35.5. The Morgan fingerprint density at radius 2 is 2.47 bits per heavy atom. The van der Waals surface area contributed by atoms with Crippen LogP contribution in [0.4, 0.5) is 4.39 Å². The van der Waals surface area contributed by atoms with Gasteiger partial charge in [-0.15, -0.1) is 0 Å². The Bertz CT molecular complexity index is 361. The first-order chi connectivity index (χ1) is 8.24. The molecule has 0 saturated carbocycles. The first-order valence-electron chi connectivity index (χ1n) is 6.32. The highest BCUT2D eigenvalue weighted by Crippen LogP contribution is 2.31. The quantitative estimate of drug-likeness (QED) is 0.901. The summed E-state index contributed by atoms with van der Waals surface area (Å²) in [5.74, 6) is 0. The first-order valence-corrected chi connectivity index (χ1v) is 6.70. The molecule has 1 aromatic heterocycles. The van der Waals surface area contributed by atoms with E-state index in [9.17, 15) is 4.39 Å². The molecule has 0 bridgehead atoms. The summed E-state index contributed by atoms with van der Waals surface area (Å²) in [6.45, 7) is 3.66. The van der Waals surface area contributed by atoms with Crippen LogP contribution >= 0.6 is 11.6 Å². The maximum Gasteiger partial charge on any atom is 0.158 e. The molecular formula is C12H19ClFN3. The van der Waals surface area contributed by atoms with Crippen LogP contribution < -0.4 is 5.32 Å². The molecule has 1 fully saturated rings. The molecule has 0 amide bonds. The van der Waals surface area contributed by atoms with Gasteiger partial charge >= 0.3 is 0 Å². The summed E-state index contributed by atoms with van der Waals surface area (Å²) in [7, 11) is 0. The second-order valence-electron chi connectivity index (χ2n) is 4.56. The van der Waals surface area contributed by atoms with Gasteiger partial charge in [0.05, 0.1) is 16.9 Å². The second-order valence-corrected chi connectivity index (χ2v) is 4.97. The van der Waals surface area contributed by atoms with E-state index in [4.69, 9.17) is 11.6 Å². The number of rotatable bonds is 4. The van der Waals surface area contributed by atoms with Crippen LogP contribution in [0, 0.1) is 0 Å². The minimum Gasteiger partial charge on any atom is -0.311 e. The Hall–Kier alpha value is -0.610. The maximum atomic E-state index is 14.5. The second kappa shape index (κ2) is 5.83. The van der Waals surface area contributed by atoms with Gasteiger partial charge in [0, 0.05) is 12.6 Å². The number of piperidine rings is 1. The fraction of sp³-hybridized carbons (Fsp3) is 0.750. The van der Waals surface area contributed by atoms with E-state index in [2.05, 4.69) is 10.4 Å². The van der Waals surface area contributed by atoms with Crippen LogP contribution in [0.15, 0.2) is 6.20 Å². The fourth-order valence-corrected chi connectivity index (χ4v) is 2.60. The van der Waals surface area contributed by atoms with Gasteiger partial charge in [0.2, 0.25) is 0 Å². The van der Waals surface area contributed by atoms with Crippen LogP contribution in [0.1, 0.15) is 44.5 Å². The van der Waals surface area contributed by atoms with Crippen LogP contribution in [-0.2, 0) is 6.54 Å². The maximum absolute atomic E-state index is 14.5. The molecule has 2 rings (SSSR count). The van der Waals surface area contributed by atoms with Gasteiger partial charge in [-0.3, -0.25) is 4.68 Å². The molecule has 1 N–H and O–H groups in total. The van der Waals surface area contributed by atoms with E-state index in [-0.39, 0.29) is 6.04 Å². The first kappa shape index (κ1) is 12.8. The molecule has 0 aliphatic carbocycles. The van der Waals surface area contributed by atoms with Gasteiger partial charge in [0.1, 0.15) is 0 Å². The molecule has 1 aliphatic heterocycles. The van der Waals surface area contributed by atoms with Crippen molar-refractivity contribution >= 4 is 11.6 Å². The molecule has 0 radical (unpaired) electrons. The number of hydrogen-bond acceptors (Lipinski definition) is 2.